The molecule has 24 heavy (non-hydrogen) atoms. The zero-order valence-electron chi connectivity index (χ0n) is 12.1. The summed E-state index contributed by atoms with van der Waals surface area (Å²) in [6, 6.07) is 7.49. The van der Waals surface area contributed by atoms with Crippen LogP contribution in [0.1, 0.15) is 12.0 Å². The largest absolute Gasteiger partial charge is 0.447 e. The van der Waals surface area contributed by atoms with Gasteiger partial charge < -0.3 is 4.74 Å². The van der Waals surface area contributed by atoms with Crippen LogP contribution in [-0.2, 0) is 4.74 Å². The number of cyclic esters (lactones) is 1. The second-order valence-corrected chi connectivity index (χ2v) is 5.96. The van der Waals surface area contributed by atoms with E-state index in [1.54, 1.807) is 29.6 Å². The Bertz CT molecular complexity index is 796. The van der Waals surface area contributed by atoms with Gasteiger partial charge in [-0.3, -0.25) is 0 Å². The first kappa shape index (κ1) is 16.3. The number of carbonyl (C=O) groups excluding carboxylic acids is 1. The van der Waals surface area contributed by atoms with Crippen molar-refractivity contribution in [1.82, 2.24) is 4.98 Å². The predicted octanol–water partition coefficient (Wildman–Crippen LogP) is 3.96. The van der Waals surface area contributed by atoms with Gasteiger partial charge in [0.15, 0.2) is 5.13 Å². The van der Waals surface area contributed by atoms with E-state index in [1.807, 2.05) is 6.07 Å². The quantitative estimate of drug-likeness (QED) is 0.838. The van der Waals surface area contributed by atoms with Crippen LogP contribution in [0.25, 0.3) is 11.3 Å². The molecule has 1 fully saturated rings. The van der Waals surface area contributed by atoms with Gasteiger partial charge in [0.05, 0.1) is 29.8 Å². The van der Waals surface area contributed by atoms with Crippen LogP contribution in [0.3, 0.4) is 0 Å². The Balaban J connectivity index is 1.85. The first-order chi connectivity index (χ1) is 11.4. The van der Waals surface area contributed by atoms with Gasteiger partial charge in [-0.05, 0) is 12.1 Å². The molecule has 0 bridgehead atoms. The molecule has 9 heteroatoms. The fraction of sp³-hybridized carbons (Fsp3) is 0.267. The number of nitrogens with zero attached hydrogens (tertiary/aromatic N) is 3. The lowest BCUT2D eigenvalue weighted by Crippen LogP contribution is -2.36. The normalized spacial score (nSPS) is 17.7. The van der Waals surface area contributed by atoms with Gasteiger partial charge in [-0.1, -0.05) is 12.1 Å². The highest BCUT2D eigenvalue weighted by Gasteiger charge is 2.43. The summed E-state index contributed by atoms with van der Waals surface area (Å²) >= 11 is 1.07. The zero-order chi connectivity index (χ0) is 17.3. The summed E-state index contributed by atoms with van der Waals surface area (Å²) in [5, 5.41) is 10.6. The maximum atomic E-state index is 12.6. The number of rotatable bonds is 3. The third-order valence-corrected chi connectivity index (χ3v) is 4.28. The second kappa shape index (κ2) is 6.13. The van der Waals surface area contributed by atoms with Crippen LogP contribution in [0.15, 0.2) is 29.6 Å². The third kappa shape index (κ3) is 3.33. The van der Waals surface area contributed by atoms with E-state index in [0.717, 1.165) is 16.2 Å². The minimum absolute atomic E-state index is 0.158. The maximum absolute atomic E-state index is 12.6. The lowest BCUT2D eigenvalue weighted by atomic mass is 10.1. The number of halogens is 3. The van der Waals surface area contributed by atoms with Crippen molar-refractivity contribution in [2.24, 2.45) is 0 Å². The highest BCUT2D eigenvalue weighted by molar-refractivity contribution is 7.14. The molecule has 5 nitrogen and oxygen atoms in total. The topological polar surface area (TPSA) is 66.2 Å². The van der Waals surface area contributed by atoms with Crippen LogP contribution in [0.2, 0.25) is 0 Å². The Kier molecular flexibility index (Phi) is 4.15. The van der Waals surface area contributed by atoms with Gasteiger partial charge in [-0.25, -0.2) is 14.7 Å². The van der Waals surface area contributed by atoms with Crippen LogP contribution in [-0.4, -0.2) is 29.9 Å². The molecule has 1 aliphatic heterocycles. The first-order valence-corrected chi connectivity index (χ1v) is 7.74. The molecule has 1 aromatic heterocycles. The van der Waals surface area contributed by atoms with Gasteiger partial charge in [0.2, 0.25) is 0 Å². The van der Waals surface area contributed by atoms with Crippen LogP contribution in [0.5, 0.6) is 0 Å². The molecule has 2 heterocycles. The van der Waals surface area contributed by atoms with Crippen LogP contribution < -0.4 is 4.90 Å². The van der Waals surface area contributed by atoms with E-state index in [9.17, 15) is 18.0 Å². The number of nitriles is 1. The number of aromatic nitrogens is 1. The van der Waals surface area contributed by atoms with Crippen LogP contribution in [0.4, 0.5) is 23.1 Å². The maximum Gasteiger partial charge on any atom is 0.416 e. The highest BCUT2D eigenvalue weighted by atomic mass is 32.1. The van der Waals surface area contributed by atoms with Crippen molar-refractivity contribution < 1.29 is 22.7 Å². The lowest BCUT2D eigenvalue weighted by molar-refractivity contribution is -0.138. The molecule has 2 aromatic rings. The van der Waals surface area contributed by atoms with E-state index >= 15 is 0 Å². The number of thiazole rings is 1. The van der Waals surface area contributed by atoms with Gasteiger partial charge in [0.1, 0.15) is 6.61 Å². The van der Waals surface area contributed by atoms with Crippen LogP contribution in [0, 0.1) is 11.3 Å². The number of ether oxygens (including phenoxy) is 1. The van der Waals surface area contributed by atoms with Crippen LogP contribution >= 0.6 is 11.3 Å². The standard InChI is InChI=1S/C15H10F3N3O2S/c16-15(17,18)5-11-7-23-14(22)21(11)13-20-12(8-24-13)10-3-1-9(6-19)2-4-10/h1-4,8,11H,5,7H2/t11-/m1/s1. The van der Waals surface area contributed by atoms with Gasteiger partial charge in [0.25, 0.3) is 0 Å². The number of benzene rings is 1. The molecular formula is C15H10F3N3O2S. The van der Waals surface area contributed by atoms with Crippen molar-refractivity contribution >= 4 is 22.6 Å². The summed E-state index contributed by atoms with van der Waals surface area (Å²) in [6.07, 6.45) is -6.38. The molecule has 3 rings (SSSR count). The van der Waals surface area contributed by atoms with E-state index in [1.165, 1.54) is 0 Å². The fourth-order valence-corrected chi connectivity index (χ4v) is 3.23. The molecule has 1 amide bonds. The zero-order valence-corrected chi connectivity index (χ0v) is 12.9. The fourth-order valence-electron chi connectivity index (χ4n) is 2.34. The number of hydrogen-bond donors (Lipinski definition) is 0. The van der Waals surface area contributed by atoms with Crippen molar-refractivity contribution in [3.63, 3.8) is 0 Å². The number of anilines is 1. The van der Waals surface area contributed by atoms with E-state index in [0.29, 0.717) is 16.8 Å². The molecule has 1 aromatic carbocycles. The minimum atomic E-state index is -4.40. The average molecular weight is 353 g/mol. The Hall–Kier alpha value is -2.60. The Morgan fingerprint density at radius 1 is 1.38 bits per heavy atom. The van der Waals surface area contributed by atoms with Gasteiger partial charge in [-0.15, -0.1) is 11.3 Å². The molecule has 0 N–H and O–H groups in total. The van der Waals surface area contributed by atoms with Crippen molar-refractivity contribution in [1.29, 1.82) is 5.26 Å². The van der Waals surface area contributed by atoms with Crippen molar-refractivity contribution in [2.75, 3.05) is 11.5 Å². The molecule has 1 atom stereocenters. The van der Waals surface area contributed by atoms with Gasteiger partial charge in [-0.2, -0.15) is 18.4 Å². The number of alkyl halides is 3. The average Bonchev–Trinajstić information content (AvgIpc) is 3.13. The second-order valence-electron chi connectivity index (χ2n) is 5.12. The van der Waals surface area contributed by atoms with Gasteiger partial charge >= 0.3 is 12.3 Å². The minimum Gasteiger partial charge on any atom is -0.447 e. The summed E-state index contributed by atoms with van der Waals surface area (Å²) in [7, 11) is 0. The first-order valence-electron chi connectivity index (χ1n) is 6.86. The lowest BCUT2D eigenvalue weighted by Gasteiger charge is -2.19. The molecule has 0 radical (unpaired) electrons. The predicted molar refractivity (Wildman–Crippen MR) is 80.6 cm³/mol. The molecule has 124 valence electrons. The number of carbonyl (C=O) groups is 1. The van der Waals surface area contributed by atoms with E-state index in [4.69, 9.17) is 10.00 Å². The van der Waals surface area contributed by atoms with E-state index in [-0.39, 0.29) is 11.7 Å². The Morgan fingerprint density at radius 2 is 2.08 bits per heavy atom. The third-order valence-electron chi connectivity index (χ3n) is 3.44. The summed E-state index contributed by atoms with van der Waals surface area (Å²) in [5.41, 5.74) is 1.71. The SMILES string of the molecule is N#Cc1ccc(-c2csc(N3C(=O)OC[C@H]3CC(F)(F)F)n2)cc1. The van der Waals surface area contributed by atoms with Crippen molar-refractivity contribution in [3.05, 3.63) is 35.2 Å². The Labute approximate surface area is 138 Å². The number of hydrogen-bond acceptors (Lipinski definition) is 5. The van der Waals surface area contributed by atoms with E-state index in [2.05, 4.69) is 4.98 Å². The molecule has 0 aliphatic carbocycles. The molecule has 0 unspecified atom stereocenters. The molecular weight excluding hydrogens is 343 g/mol. The Morgan fingerprint density at radius 3 is 2.71 bits per heavy atom. The monoisotopic (exact) mass is 353 g/mol. The van der Waals surface area contributed by atoms with Crippen molar-refractivity contribution in [3.8, 4) is 17.3 Å². The number of amides is 1. The molecule has 0 spiro atoms. The summed E-state index contributed by atoms with van der Waals surface area (Å²) < 4.78 is 42.6. The molecule has 1 aliphatic rings. The van der Waals surface area contributed by atoms with E-state index < -0.39 is 24.7 Å². The molecule has 0 saturated carbocycles. The summed E-state index contributed by atoms with van der Waals surface area (Å²) in [5.74, 6) is 0. The van der Waals surface area contributed by atoms with Crippen molar-refractivity contribution in [2.45, 2.75) is 18.6 Å². The smallest absolute Gasteiger partial charge is 0.416 e. The summed E-state index contributed by atoms with van der Waals surface area (Å²) in [6.45, 7) is -0.315. The molecule has 1 saturated heterocycles. The summed E-state index contributed by atoms with van der Waals surface area (Å²) in [4.78, 5) is 17.0. The van der Waals surface area contributed by atoms with Gasteiger partial charge in [0, 0.05) is 10.9 Å². The highest BCUT2D eigenvalue weighted by Crippen LogP contribution is 2.34.